The van der Waals surface area contributed by atoms with Crippen molar-refractivity contribution in [3.05, 3.63) is 48.2 Å². The highest BCUT2D eigenvalue weighted by atomic mass is 16.3. The molecule has 0 fully saturated rings. The molecule has 0 atom stereocenters. The molecule has 0 amide bonds. The van der Waals surface area contributed by atoms with Crippen molar-refractivity contribution in [2.45, 2.75) is 19.8 Å². The van der Waals surface area contributed by atoms with Crippen molar-refractivity contribution < 1.29 is 5.11 Å². The minimum atomic E-state index is 0.222. The number of aromatic hydroxyl groups is 1. The van der Waals surface area contributed by atoms with Gasteiger partial charge in [0.15, 0.2) is 0 Å². The molecule has 2 rings (SSSR count). The number of rotatable bonds is 2. The van der Waals surface area contributed by atoms with Gasteiger partial charge in [-0.15, -0.1) is 0 Å². The van der Waals surface area contributed by atoms with Gasteiger partial charge in [-0.25, -0.2) is 0 Å². The van der Waals surface area contributed by atoms with Crippen molar-refractivity contribution in [1.82, 2.24) is 4.98 Å². The van der Waals surface area contributed by atoms with Gasteiger partial charge in [0.2, 0.25) is 0 Å². The number of aromatic nitrogens is 1. The Bertz CT molecular complexity index is 474. The molecular formula is C14H15NO. The fourth-order valence-corrected chi connectivity index (χ4v) is 1.65. The summed E-state index contributed by atoms with van der Waals surface area (Å²) in [6.07, 6.45) is 1.69. The number of benzene rings is 1. The second kappa shape index (κ2) is 4.35. The van der Waals surface area contributed by atoms with E-state index in [1.807, 2.05) is 12.1 Å². The molecule has 0 aliphatic rings. The molecule has 82 valence electrons. The van der Waals surface area contributed by atoms with E-state index >= 15 is 0 Å². The summed E-state index contributed by atoms with van der Waals surface area (Å²) in [5, 5.41) is 9.68. The molecule has 0 aliphatic carbocycles. The quantitative estimate of drug-likeness (QED) is 0.827. The van der Waals surface area contributed by atoms with Crippen LogP contribution < -0.4 is 0 Å². The van der Waals surface area contributed by atoms with Gasteiger partial charge in [0.05, 0.1) is 0 Å². The Morgan fingerprint density at radius 2 is 1.75 bits per heavy atom. The van der Waals surface area contributed by atoms with Gasteiger partial charge < -0.3 is 5.11 Å². The molecule has 2 heteroatoms. The molecule has 0 unspecified atom stereocenters. The molecule has 0 radical (unpaired) electrons. The number of hydrogen-bond donors (Lipinski definition) is 1. The first-order chi connectivity index (χ1) is 7.68. The zero-order valence-electron chi connectivity index (χ0n) is 9.51. The summed E-state index contributed by atoms with van der Waals surface area (Å²) < 4.78 is 0. The first-order valence-corrected chi connectivity index (χ1v) is 5.43. The monoisotopic (exact) mass is 213 g/mol. The normalized spacial score (nSPS) is 10.7. The smallest absolute Gasteiger partial charge is 0.141 e. The number of hydrogen-bond acceptors (Lipinski definition) is 2. The summed E-state index contributed by atoms with van der Waals surface area (Å²) in [5.41, 5.74) is 2.87. The van der Waals surface area contributed by atoms with E-state index in [0.29, 0.717) is 11.6 Å². The molecule has 1 heterocycles. The topological polar surface area (TPSA) is 33.1 Å². The summed E-state index contributed by atoms with van der Waals surface area (Å²) >= 11 is 0. The molecule has 0 aliphatic heterocycles. The first-order valence-electron chi connectivity index (χ1n) is 5.43. The Kier molecular flexibility index (Phi) is 2.91. The van der Waals surface area contributed by atoms with Crippen LogP contribution in [0.5, 0.6) is 5.75 Å². The summed E-state index contributed by atoms with van der Waals surface area (Å²) in [4.78, 5) is 4.17. The van der Waals surface area contributed by atoms with E-state index < -0.39 is 0 Å². The number of nitrogens with zero attached hydrogens (tertiary/aromatic N) is 1. The van der Waals surface area contributed by atoms with E-state index in [1.54, 1.807) is 18.3 Å². The summed E-state index contributed by atoms with van der Waals surface area (Å²) in [7, 11) is 0. The third kappa shape index (κ3) is 2.06. The lowest BCUT2D eigenvalue weighted by atomic mass is 10.0. The second-order valence-electron chi connectivity index (χ2n) is 4.15. The lowest BCUT2D eigenvalue weighted by Crippen LogP contribution is -1.88. The third-order valence-corrected chi connectivity index (χ3v) is 2.64. The summed E-state index contributed by atoms with van der Waals surface area (Å²) in [5.74, 6) is 0.742. The highest BCUT2D eigenvalue weighted by molar-refractivity contribution is 5.65. The Hall–Kier alpha value is -1.83. The van der Waals surface area contributed by atoms with Crippen molar-refractivity contribution in [2.24, 2.45) is 0 Å². The van der Waals surface area contributed by atoms with E-state index in [9.17, 15) is 5.11 Å². The van der Waals surface area contributed by atoms with Gasteiger partial charge >= 0.3 is 0 Å². The minimum absolute atomic E-state index is 0.222. The molecule has 1 aromatic carbocycles. The lowest BCUT2D eigenvalue weighted by Gasteiger charge is -2.07. The van der Waals surface area contributed by atoms with Gasteiger partial charge in [0, 0.05) is 11.8 Å². The van der Waals surface area contributed by atoms with Gasteiger partial charge in [0.1, 0.15) is 11.4 Å². The Labute approximate surface area is 95.6 Å². The van der Waals surface area contributed by atoms with E-state index in [2.05, 4.69) is 31.0 Å². The molecule has 2 aromatic rings. The second-order valence-corrected chi connectivity index (χ2v) is 4.15. The van der Waals surface area contributed by atoms with Crippen LogP contribution in [-0.2, 0) is 0 Å². The fourth-order valence-electron chi connectivity index (χ4n) is 1.65. The summed E-state index contributed by atoms with van der Waals surface area (Å²) in [6.45, 7) is 4.32. The van der Waals surface area contributed by atoms with Crippen molar-refractivity contribution in [1.29, 1.82) is 0 Å². The molecule has 1 aromatic heterocycles. The molecule has 0 saturated carbocycles. The molecule has 0 spiro atoms. The van der Waals surface area contributed by atoms with E-state index in [0.717, 1.165) is 5.56 Å². The largest absolute Gasteiger partial charge is 0.506 e. The first kappa shape index (κ1) is 10.7. The van der Waals surface area contributed by atoms with E-state index in [-0.39, 0.29) is 5.75 Å². The van der Waals surface area contributed by atoms with Crippen LogP contribution in [0.15, 0.2) is 42.6 Å². The van der Waals surface area contributed by atoms with Crippen molar-refractivity contribution in [3.8, 4) is 17.0 Å². The Morgan fingerprint density at radius 3 is 2.31 bits per heavy atom. The van der Waals surface area contributed by atoms with Crippen LogP contribution in [0.1, 0.15) is 25.3 Å². The van der Waals surface area contributed by atoms with Crippen LogP contribution in [-0.4, -0.2) is 10.1 Å². The zero-order chi connectivity index (χ0) is 11.5. The minimum Gasteiger partial charge on any atom is -0.506 e. The molecule has 2 nitrogen and oxygen atoms in total. The van der Waals surface area contributed by atoms with E-state index in [1.165, 1.54) is 5.56 Å². The molecule has 1 N–H and O–H groups in total. The maximum absolute atomic E-state index is 9.68. The number of pyridine rings is 1. The van der Waals surface area contributed by atoms with Gasteiger partial charge in [0.25, 0.3) is 0 Å². The predicted molar refractivity (Wildman–Crippen MR) is 65.4 cm³/mol. The average molecular weight is 213 g/mol. The van der Waals surface area contributed by atoms with Crippen LogP contribution in [0.2, 0.25) is 0 Å². The van der Waals surface area contributed by atoms with Gasteiger partial charge in [-0.3, -0.25) is 4.98 Å². The zero-order valence-corrected chi connectivity index (χ0v) is 9.51. The van der Waals surface area contributed by atoms with Crippen LogP contribution in [0.4, 0.5) is 0 Å². The van der Waals surface area contributed by atoms with Crippen LogP contribution in [0.3, 0.4) is 0 Å². The molecular weight excluding hydrogens is 198 g/mol. The maximum Gasteiger partial charge on any atom is 0.141 e. The van der Waals surface area contributed by atoms with Gasteiger partial charge in [-0.1, -0.05) is 38.1 Å². The van der Waals surface area contributed by atoms with Crippen LogP contribution >= 0.6 is 0 Å². The Balaban J connectivity index is 2.39. The predicted octanol–water partition coefficient (Wildman–Crippen LogP) is 3.58. The molecule has 0 saturated heterocycles. The average Bonchev–Trinajstić information content (AvgIpc) is 2.30. The molecule has 16 heavy (non-hydrogen) atoms. The summed E-state index contributed by atoms with van der Waals surface area (Å²) in [6, 6.07) is 11.5. The van der Waals surface area contributed by atoms with Gasteiger partial charge in [-0.2, -0.15) is 0 Å². The maximum atomic E-state index is 9.68. The molecule has 0 bridgehead atoms. The fraction of sp³-hybridized carbons (Fsp3) is 0.214. The van der Waals surface area contributed by atoms with Gasteiger partial charge in [-0.05, 0) is 23.6 Å². The van der Waals surface area contributed by atoms with E-state index in [4.69, 9.17) is 0 Å². The highest BCUT2D eigenvalue weighted by Gasteiger charge is 2.05. The van der Waals surface area contributed by atoms with Crippen molar-refractivity contribution in [2.75, 3.05) is 0 Å². The Morgan fingerprint density at radius 1 is 1.06 bits per heavy atom. The highest BCUT2D eigenvalue weighted by Crippen LogP contribution is 2.27. The third-order valence-electron chi connectivity index (χ3n) is 2.64. The SMILES string of the molecule is CC(C)c1ccc(-c2ncccc2O)cc1. The van der Waals surface area contributed by atoms with Crippen LogP contribution in [0.25, 0.3) is 11.3 Å². The lowest BCUT2D eigenvalue weighted by molar-refractivity contribution is 0.475. The van der Waals surface area contributed by atoms with Crippen LogP contribution in [0, 0.1) is 0 Å². The van der Waals surface area contributed by atoms with Crippen molar-refractivity contribution >= 4 is 0 Å². The standard InChI is InChI=1S/C14H15NO/c1-10(2)11-5-7-12(8-6-11)14-13(16)4-3-9-15-14/h3-10,16H,1-2H3. The van der Waals surface area contributed by atoms with Crippen molar-refractivity contribution in [3.63, 3.8) is 0 Å².